The molecule has 21 heavy (non-hydrogen) atoms. The van der Waals surface area contributed by atoms with E-state index in [1.165, 1.54) is 6.26 Å². The number of anilines is 1. The third-order valence-corrected chi connectivity index (χ3v) is 6.61. The fraction of sp³-hybridized carbons (Fsp3) is 0.571. The van der Waals surface area contributed by atoms with Crippen molar-refractivity contribution in [2.75, 3.05) is 29.2 Å². The largest absolute Gasteiger partial charge is 0.353 e. The molecule has 2 unspecified atom stereocenters. The maximum atomic E-state index is 12.1. The van der Waals surface area contributed by atoms with Crippen LogP contribution in [0.15, 0.2) is 22.7 Å². The fourth-order valence-electron chi connectivity index (χ4n) is 2.54. The van der Waals surface area contributed by atoms with E-state index in [0.717, 1.165) is 34.4 Å². The Morgan fingerprint density at radius 2 is 2.24 bits per heavy atom. The van der Waals surface area contributed by atoms with Crippen molar-refractivity contribution in [2.24, 2.45) is 5.73 Å². The highest BCUT2D eigenvalue weighted by molar-refractivity contribution is 9.10. The fourth-order valence-corrected chi connectivity index (χ4v) is 5.72. The quantitative estimate of drug-likeness (QED) is 0.850. The third kappa shape index (κ3) is 4.37. The van der Waals surface area contributed by atoms with Crippen LogP contribution in [0.4, 0.5) is 5.69 Å². The van der Waals surface area contributed by atoms with E-state index in [1.807, 2.05) is 30.0 Å². The molecule has 0 saturated carbocycles. The molecule has 0 spiro atoms. The lowest BCUT2D eigenvalue weighted by molar-refractivity contribution is 0.584. The Balaban J connectivity index is 2.44. The topological polar surface area (TPSA) is 63.4 Å². The summed E-state index contributed by atoms with van der Waals surface area (Å²) in [5.41, 5.74) is 8.02. The summed E-state index contributed by atoms with van der Waals surface area (Å²) in [5.74, 6) is 1.55. The van der Waals surface area contributed by atoms with Crippen LogP contribution in [0.1, 0.15) is 12.5 Å². The summed E-state index contributed by atoms with van der Waals surface area (Å²) in [4.78, 5) is 2.02. The summed E-state index contributed by atoms with van der Waals surface area (Å²) in [5, 5.41) is -0.461. The van der Waals surface area contributed by atoms with Crippen molar-refractivity contribution in [1.82, 2.24) is 0 Å². The summed E-state index contributed by atoms with van der Waals surface area (Å²) < 4.78 is 25.1. The second-order valence-corrected chi connectivity index (χ2v) is 9.78. The van der Waals surface area contributed by atoms with E-state index in [9.17, 15) is 8.42 Å². The van der Waals surface area contributed by atoms with Crippen LogP contribution < -0.4 is 10.6 Å². The zero-order chi connectivity index (χ0) is 15.6. The average molecular weight is 393 g/mol. The molecule has 1 aromatic carbocycles. The predicted molar refractivity (Wildman–Crippen MR) is 94.8 cm³/mol. The molecule has 1 heterocycles. The van der Waals surface area contributed by atoms with Crippen LogP contribution in [-0.4, -0.2) is 44.1 Å². The van der Waals surface area contributed by atoms with E-state index in [-0.39, 0.29) is 6.04 Å². The minimum Gasteiger partial charge on any atom is -0.353 e. The second-order valence-electron chi connectivity index (χ2n) is 5.51. The molecule has 1 aromatic rings. The van der Waals surface area contributed by atoms with Gasteiger partial charge in [0.15, 0.2) is 9.84 Å². The molecule has 0 aliphatic carbocycles. The van der Waals surface area contributed by atoms with Crippen LogP contribution in [0, 0.1) is 0 Å². The molecule has 1 aliphatic rings. The van der Waals surface area contributed by atoms with E-state index >= 15 is 0 Å². The number of nitrogens with zero attached hydrogens (tertiary/aromatic N) is 1. The molecule has 0 aromatic heterocycles. The van der Waals surface area contributed by atoms with E-state index in [1.54, 1.807) is 11.8 Å². The Hall–Kier alpha value is -0.240. The lowest BCUT2D eigenvalue weighted by Gasteiger charge is -2.37. The lowest BCUT2D eigenvalue weighted by atomic mass is 10.0. The number of benzene rings is 1. The monoisotopic (exact) mass is 392 g/mol. The van der Waals surface area contributed by atoms with Gasteiger partial charge in [-0.25, -0.2) is 8.42 Å². The van der Waals surface area contributed by atoms with Crippen molar-refractivity contribution in [3.63, 3.8) is 0 Å². The number of hydrogen-bond acceptors (Lipinski definition) is 5. The molecule has 0 bridgehead atoms. The van der Waals surface area contributed by atoms with Crippen molar-refractivity contribution in [1.29, 1.82) is 0 Å². The summed E-state index contributed by atoms with van der Waals surface area (Å²) in [7, 11) is -3.12. The normalized spacial score (nSPS) is 21.3. The summed E-state index contributed by atoms with van der Waals surface area (Å²) in [6.07, 6.45) is 2.06. The number of sulfone groups is 1. The van der Waals surface area contributed by atoms with Crippen molar-refractivity contribution < 1.29 is 8.42 Å². The lowest BCUT2D eigenvalue weighted by Crippen LogP contribution is -2.47. The number of hydrogen-bond donors (Lipinski definition) is 1. The van der Waals surface area contributed by atoms with Gasteiger partial charge in [0.05, 0.1) is 0 Å². The highest BCUT2D eigenvalue weighted by atomic mass is 79.9. The van der Waals surface area contributed by atoms with E-state index in [2.05, 4.69) is 15.9 Å². The highest BCUT2D eigenvalue weighted by Gasteiger charge is 2.32. The Morgan fingerprint density at radius 1 is 1.52 bits per heavy atom. The second kappa shape index (κ2) is 6.89. The first-order chi connectivity index (χ1) is 9.79. The summed E-state index contributed by atoms with van der Waals surface area (Å²) in [6.45, 7) is 2.71. The van der Waals surface area contributed by atoms with Gasteiger partial charge in [-0.1, -0.05) is 22.0 Å². The van der Waals surface area contributed by atoms with Gasteiger partial charge >= 0.3 is 0 Å². The molecule has 7 heteroatoms. The number of rotatable bonds is 4. The molecule has 1 saturated heterocycles. The Labute approximate surface area is 139 Å². The third-order valence-electron chi connectivity index (χ3n) is 3.48. The van der Waals surface area contributed by atoms with Gasteiger partial charge < -0.3 is 10.6 Å². The van der Waals surface area contributed by atoms with E-state index in [0.29, 0.717) is 5.75 Å². The van der Waals surface area contributed by atoms with Crippen LogP contribution in [0.5, 0.6) is 0 Å². The molecule has 118 valence electrons. The van der Waals surface area contributed by atoms with Crippen LogP contribution in [0.3, 0.4) is 0 Å². The highest BCUT2D eigenvalue weighted by Crippen LogP contribution is 2.32. The number of thioether (sulfide) groups is 1. The first-order valence-electron chi connectivity index (χ1n) is 6.86. The first kappa shape index (κ1) is 17.1. The average Bonchev–Trinajstić information content (AvgIpc) is 2.39. The Kier molecular flexibility index (Phi) is 5.62. The number of nitrogens with two attached hydrogens (primary N) is 1. The summed E-state index contributed by atoms with van der Waals surface area (Å²) >= 11 is 5.18. The minimum atomic E-state index is -3.12. The molecule has 1 fully saturated rings. The van der Waals surface area contributed by atoms with E-state index < -0.39 is 15.2 Å². The zero-order valence-corrected chi connectivity index (χ0v) is 15.5. The van der Waals surface area contributed by atoms with Gasteiger partial charge in [0.2, 0.25) is 0 Å². The molecule has 2 rings (SSSR count). The summed E-state index contributed by atoms with van der Waals surface area (Å²) in [6, 6.07) is 6.06. The standard InChI is InChI=1S/C14H21BrN2O2S2/c1-10(16)7-11-3-4-12(15)8-13(11)17-5-6-20-9-14(17)21(2,18)19/h3-4,8,10,14H,5-7,9,16H2,1-2H3. The predicted octanol–water partition coefficient (Wildman–Crippen LogP) is 2.26. The van der Waals surface area contributed by atoms with E-state index in [4.69, 9.17) is 5.73 Å². The van der Waals surface area contributed by atoms with Crippen molar-refractivity contribution in [3.8, 4) is 0 Å². The van der Waals surface area contributed by atoms with Crippen molar-refractivity contribution in [2.45, 2.75) is 24.8 Å². The molecule has 0 radical (unpaired) electrons. The van der Waals surface area contributed by atoms with Crippen molar-refractivity contribution in [3.05, 3.63) is 28.2 Å². The minimum absolute atomic E-state index is 0.0424. The van der Waals surface area contributed by atoms with Crippen LogP contribution >= 0.6 is 27.7 Å². The Morgan fingerprint density at radius 3 is 2.86 bits per heavy atom. The smallest absolute Gasteiger partial charge is 0.169 e. The van der Waals surface area contributed by atoms with Gasteiger partial charge in [-0.3, -0.25) is 0 Å². The van der Waals surface area contributed by atoms with Gasteiger partial charge in [-0.05, 0) is 31.0 Å². The molecule has 4 nitrogen and oxygen atoms in total. The van der Waals surface area contributed by atoms with Gasteiger partial charge in [-0.15, -0.1) is 0 Å². The van der Waals surface area contributed by atoms with Gasteiger partial charge in [-0.2, -0.15) is 11.8 Å². The molecule has 2 atom stereocenters. The van der Waals surface area contributed by atoms with Crippen molar-refractivity contribution >= 4 is 43.2 Å². The Bertz CT molecular complexity index is 605. The maximum Gasteiger partial charge on any atom is 0.169 e. The molecule has 1 aliphatic heterocycles. The van der Waals surface area contributed by atoms with Crippen LogP contribution in [0.25, 0.3) is 0 Å². The van der Waals surface area contributed by atoms with Gasteiger partial charge in [0.25, 0.3) is 0 Å². The molecular formula is C14H21BrN2O2S2. The molecule has 2 N–H and O–H groups in total. The number of halogens is 1. The molecule has 0 amide bonds. The van der Waals surface area contributed by atoms with Crippen LogP contribution in [0.2, 0.25) is 0 Å². The molecular weight excluding hydrogens is 372 g/mol. The maximum absolute atomic E-state index is 12.1. The van der Waals surface area contributed by atoms with Gasteiger partial charge in [0.1, 0.15) is 5.37 Å². The first-order valence-corrected chi connectivity index (χ1v) is 10.8. The van der Waals surface area contributed by atoms with Crippen LogP contribution in [-0.2, 0) is 16.3 Å². The zero-order valence-electron chi connectivity index (χ0n) is 12.3. The SMILES string of the molecule is CC(N)Cc1ccc(Br)cc1N1CCSCC1S(C)(=O)=O. The van der Waals surface area contributed by atoms with Gasteiger partial charge in [0, 0.05) is 40.5 Å².